The van der Waals surface area contributed by atoms with E-state index >= 15 is 0 Å². The molecule has 0 unspecified atom stereocenters. The third kappa shape index (κ3) is 3.38. The number of amides is 1. The number of benzene rings is 1. The molecule has 1 amide bonds. The molecule has 24 heavy (non-hydrogen) atoms. The Hall–Kier alpha value is -2.87. The topological polar surface area (TPSA) is 100 Å². The summed E-state index contributed by atoms with van der Waals surface area (Å²) in [6, 6.07) is 10.1. The lowest BCUT2D eigenvalue weighted by atomic mass is 10.2. The van der Waals surface area contributed by atoms with Crippen molar-refractivity contribution in [1.29, 1.82) is 0 Å². The van der Waals surface area contributed by atoms with Gasteiger partial charge in [0.05, 0.1) is 21.4 Å². The molecular weight excluding hydrogens is 332 g/mol. The van der Waals surface area contributed by atoms with Gasteiger partial charge >= 0.3 is 0 Å². The van der Waals surface area contributed by atoms with Gasteiger partial charge < -0.3 is 19.4 Å². The van der Waals surface area contributed by atoms with E-state index in [1.165, 1.54) is 6.07 Å². The Morgan fingerprint density at radius 3 is 2.62 bits per heavy atom. The highest BCUT2D eigenvalue weighted by atomic mass is 32.1. The van der Waals surface area contributed by atoms with Crippen molar-refractivity contribution >= 4 is 28.9 Å². The van der Waals surface area contributed by atoms with E-state index in [2.05, 4.69) is 10.5 Å². The Labute approximate surface area is 141 Å². The molecule has 0 aliphatic carbocycles. The largest absolute Gasteiger partial charge is 0.544 e. The van der Waals surface area contributed by atoms with Crippen LogP contribution in [0.2, 0.25) is 0 Å². The van der Waals surface area contributed by atoms with E-state index in [1.54, 1.807) is 31.2 Å². The highest BCUT2D eigenvalue weighted by Gasteiger charge is 2.27. The molecule has 1 N–H and O–H groups in total. The fraction of sp³-hybridized carbons (Fsp3) is 0.188. The minimum atomic E-state index is -1.24. The summed E-state index contributed by atoms with van der Waals surface area (Å²) in [6.07, 6.45) is -0.807. The second kappa shape index (κ2) is 6.71. The fourth-order valence-electron chi connectivity index (χ4n) is 2.06. The van der Waals surface area contributed by atoms with Gasteiger partial charge in [0, 0.05) is 0 Å². The number of carboxylic acids is 1. The molecule has 7 nitrogen and oxygen atoms in total. The molecule has 1 aromatic carbocycles. The Morgan fingerprint density at radius 1 is 1.21 bits per heavy atom. The summed E-state index contributed by atoms with van der Waals surface area (Å²) < 4.78 is 11.1. The summed E-state index contributed by atoms with van der Waals surface area (Å²) in [7, 11) is 0. The summed E-state index contributed by atoms with van der Waals surface area (Å²) in [5.74, 6) is -0.592. The predicted molar refractivity (Wildman–Crippen MR) is 85.4 cm³/mol. The average molecular weight is 345 g/mol. The summed E-state index contributed by atoms with van der Waals surface area (Å²) in [4.78, 5) is 23.6. The standard InChI is InChI=1S/C16H14N2O5S/c1-9(13-6-7-14(24-13)16(20)21)17-18-15(19)12-8-22-10-4-2-3-5-11(10)23-12/h2-7,12H,8H2,1H3,(H,18,19)(H,20,21)/p-1/b17-9-/t12-/m0/s1. The van der Waals surface area contributed by atoms with Crippen LogP contribution in [0.15, 0.2) is 41.5 Å². The van der Waals surface area contributed by atoms with Crippen LogP contribution < -0.4 is 20.0 Å². The maximum atomic E-state index is 12.1. The number of aromatic carboxylic acids is 1. The number of carbonyl (C=O) groups is 2. The molecule has 0 bridgehead atoms. The lowest BCUT2D eigenvalue weighted by molar-refractivity contribution is -0.254. The normalized spacial score (nSPS) is 16.5. The molecule has 0 spiro atoms. The van der Waals surface area contributed by atoms with Crippen LogP contribution in [-0.4, -0.2) is 30.3 Å². The van der Waals surface area contributed by atoms with Crippen LogP contribution >= 0.6 is 11.3 Å². The van der Waals surface area contributed by atoms with Gasteiger partial charge in [-0.2, -0.15) is 5.10 Å². The van der Waals surface area contributed by atoms with Gasteiger partial charge in [-0.15, -0.1) is 11.3 Å². The number of hydrogen-bond acceptors (Lipinski definition) is 7. The fourth-order valence-corrected chi connectivity index (χ4v) is 2.84. The molecule has 8 heteroatoms. The van der Waals surface area contributed by atoms with Crippen LogP contribution in [0.3, 0.4) is 0 Å². The first kappa shape index (κ1) is 16.0. The third-order valence-electron chi connectivity index (χ3n) is 3.30. The number of fused-ring (bicyclic) bond motifs is 1. The van der Waals surface area contributed by atoms with Crippen molar-refractivity contribution < 1.29 is 24.2 Å². The van der Waals surface area contributed by atoms with Gasteiger partial charge in [-0.25, -0.2) is 5.43 Å². The van der Waals surface area contributed by atoms with Crippen LogP contribution in [0.5, 0.6) is 11.5 Å². The van der Waals surface area contributed by atoms with Gasteiger partial charge in [-0.3, -0.25) is 4.79 Å². The zero-order valence-electron chi connectivity index (χ0n) is 12.6. The first-order valence-corrected chi connectivity index (χ1v) is 7.90. The highest BCUT2D eigenvalue weighted by Crippen LogP contribution is 2.30. The highest BCUT2D eigenvalue weighted by molar-refractivity contribution is 7.15. The third-order valence-corrected chi connectivity index (χ3v) is 4.47. The zero-order valence-corrected chi connectivity index (χ0v) is 13.5. The minimum absolute atomic E-state index is 0.0885. The Balaban J connectivity index is 1.63. The van der Waals surface area contributed by atoms with Gasteiger partial charge in [-0.1, -0.05) is 12.1 Å². The van der Waals surface area contributed by atoms with Crippen LogP contribution in [-0.2, 0) is 4.79 Å². The van der Waals surface area contributed by atoms with Gasteiger partial charge in [-0.05, 0) is 31.2 Å². The molecular formula is C16H13N2O5S-. The van der Waals surface area contributed by atoms with Gasteiger partial charge in [0.1, 0.15) is 6.61 Å². The van der Waals surface area contributed by atoms with E-state index in [1.807, 2.05) is 6.07 Å². The first-order valence-electron chi connectivity index (χ1n) is 7.09. The number of nitrogens with one attached hydrogen (secondary N) is 1. The molecule has 0 saturated heterocycles. The number of carbonyl (C=O) groups excluding carboxylic acids is 2. The molecule has 1 aromatic heterocycles. The van der Waals surface area contributed by atoms with E-state index in [4.69, 9.17) is 9.47 Å². The van der Waals surface area contributed by atoms with E-state index in [0.717, 1.165) is 11.3 Å². The molecule has 2 heterocycles. The van der Waals surface area contributed by atoms with Crippen molar-refractivity contribution in [3.05, 3.63) is 46.2 Å². The number of thiophene rings is 1. The van der Waals surface area contributed by atoms with Crippen molar-refractivity contribution in [2.45, 2.75) is 13.0 Å². The molecule has 3 rings (SSSR count). The average Bonchev–Trinajstić information content (AvgIpc) is 3.09. The van der Waals surface area contributed by atoms with Gasteiger partial charge in [0.25, 0.3) is 5.91 Å². The van der Waals surface area contributed by atoms with E-state index in [9.17, 15) is 14.7 Å². The summed E-state index contributed by atoms with van der Waals surface area (Å²) in [5, 5.41) is 14.7. The zero-order chi connectivity index (χ0) is 17.1. The molecule has 2 aromatic rings. The van der Waals surface area contributed by atoms with Crippen LogP contribution in [0.25, 0.3) is 0 Å². The second-order valence-corrected chi connectivity index (χ2v) is 6.07. The van der Waals surface area contributed by atoms with Crippen molar-refractivity contribution in [3.8, 4) is 11.5 Å². The second-order valence-electron chi connectivity index (χ2n) is 4.99. The first-order chi connectivity index (χ1) is 11.5. The van der Waals surface area contributed by atoms with Crippen molar-refractivity contribution in [2.75, 3.05) is 6.61 Å². The Kier molecular flexibility index (Phi) is 4.48. The molecule has 0 saturated carbocycles. The number of hydrogen-bond donors (Lipinski definition) is 1. The summed E-state index contributed by atoms with van der Waals surface area (Å²) in [6.45, 7) is 1.75. The van der Waals surface area contributed by atoms with Crippen molar-refractivity contribution in [1.82, 2.24) is 5.43 Å². The predicted octanol–water partition coefficient (Wildman–Crippen LogP) is 0.792. The van der Waals surface area contributed by atoms with Crippen molar-refractivity contribution in [3.63, 3.8) is 0 Å². The van der Waals surface area contributed by atoms with Gasteiger partial charge in [0.2, 0.25) is 6.10 Å². The van der Waals surface area contributed by atoms with E-state index in [-0.39, 0.29) is 11.5 Å². The Morgan fingerprint density at radius 2 is 1.92 bits per heavy atom. The quantitative estimate of drug-likeness (QED) is 0.652. The molecule has 1 atom stereocenters. The van der Waals surface area contributed by atoms with Crippen LogP contribution in [0, 0.1) is 0 Å². The maximum Gasteiger partial charge on any atom is 0.284 e. The lowest BCUT2D eigenvalue weighted by Crippen LogP contribution is -2.42. The number of rotatable bonds is 4. The smallest absolute Gasteiger partial charge is 0.284 e. The number of ether oxygens (including phenoxy) is 2. The number of para-hydroxylation sites is 2. The summed E-state index contributed by atoms with van der Waals surface area (Å²) >= 11 is 1.03. The molecule has 0 radical (unpaired) electrons. The van der Waals surface area contributed by atoms with E-state index < -0.39 is 18.0 Å². The number of carboxylic acid groups (broad SMARTS) is 1. The van der Waals surface area contributed by atoms with Crippen LogP contribution in [0.1, 0.15) is 21.5 Å². The molecule has 1 aliphatic heterocycles. The molecule has 1 aliphatic rings. The number of hydrazone groups is 1. The van der Waals surface area contributed by atoms with Crippen LogP contribution in [0.4, 0.5) is 0 Å². The SMILES string of the molecule is C/C(=N/NC(=O)[C@@H]1COc2ccccc2O1)c1ccc(C(=O)[O-])s1. The maximum absolute atomic E-state index is 12.1. The molecule has 124 valence electrons. The molecule has 0 fully saturated rings. The lowest BCUT2D eigenvalue weighted by Gasteiger charge is -2.24. The monoisotopic (exact) mass is 345 g/mol. The van der Waals surface area contributed by atoms with Gasteiger partial charge in [0.15, 0.2) is 11.5 Å². The van der Waals surface area contributed by atoms with E-state index in [0.29, 0.717) is 22.1 Å². The minimum Gasteiger partial charge on any atom is -0.544 e. The van der Waals surface area contributed by atoms with Crippen molar-refractivity contribution in [2.24, 2.45) is 5.10 Å². The number of nitrogens with zero attached hydrogens (tertiary/aromatic N) is 1. The summed E-state index contributed by atoms with van der Waals surface area (Å²) in [5.41, 5.74) is 2.89. The Bertz CT molecular complexity index is 814.